The molecule has 4 amide bonds. The Labute approximate surface area is 311 Å². The van der Waals surface area contributed by atoms with E-state index < -0.39 is 46.8 Å². The quantitative estimate of drug-likeness (QED) is 0.156. The Hall–Kier alpha value is -5.61. The highest BCUT2D eigenvalue weighted by molar-refractivity contribution is 6.32. The first-order valence-electron chi connectivity index (χ1n) is 17.6. The number of aromatic hydroxyl groups is 1. The molecule has 4 aromatic rings. The van der Waals surface area contributed by atoms with Gasteiger partial charge in [-0.2, -0.15) is 5.01 Å². The number of phenolic OH excluding ortho intramolecular Hbond substituents is 1. The van der Waals surface area contributed by atoms with Gasteiger partial charge in [-0.15, -0.1) is 0 Å². The molecular formula is C42H38ClN3O7. The monoisotopic (exact) mass is 731 g/mol. The number of fused-ring (bicyclic) bond motifs is 4. The Morgan fingerprint density at radius 2 is 1.51 bits per heavy atom. The molecule has 53 heavy (non-hydrogen) atoms. The van der Waals surface area contributed by atoms with Gasteiger partial charge in [0.25, 0.3) is 11.8 Å². The fourth-order valence-electron chi connectivity index (χ4n) is 9.18. The van der Waals surface area contributed by atoms with Crippen LogP contribution in [-0.2, 0) is 24.6 Å². The predicted octanol–water partition coefficient (Wildman–Crippen LogP) is 6.87. The second-order valence-corrected chi connectivity index (χ2v) is 14.7. The lowest BCUT2D eigenvalue weighted by Gasteiger charge is -2.50. The second kappa shape index (κ2) is 12.8. The number of allylic oxidation sites excluding steroid dienone is 2. The van der Waals surface area contributed by atoms with E-state index >= 15 is 4.79 Å². The van der Waals surface area contributed by atoms with Gasteiger partial charge in [0.15, 0.2) is 11.5 Å². The Morgan fingerprint density at radius 3 is 2.15 bits per heavy atom. The number of hydrogen-bond donors (Lipinski definition) is 2. The molecular weight excluding hydrogens is 694 g/mol. The minimum Gasteiger partial charge on any atom is -0.502 e. The van der Waals surface area contributed by atoms with E-state index in [1.165, 1.54) is 19.1 Å². The zero-order valence-electron chi connectivity index (χ0n) is 29.6. The zero-order chi connectivity index (χ0) is 37.3. The normalized spacial score (nSPS) is 26.2. The SMILES string of the molecule is COc1cc(C2C3=CCC4C(=O)N(c5ccc(C)c(Cl)c5)C(=O)C4C3CC3C(=O)N(Nc4ccc(C)cc4)C(=O)C32c2ccccc2)cc(OC)c1O. The van der Waals surface area contributed by atoms with E-state index in [0.717, 1.165) is 21.7 Å². The van der Waals surface area contributed by atoms with Crippen LogP contribution in [0.5, 0.6) is 17.2 Å². The molecule has 2 N–H and O–H groups in total. The van der Waals surface area contributed by atoms with E-state index in [1.807, 2.05) is 74.5 Å². The number of aryl methyl sites for hydroxylation is 2. The molecule has 2 aliphatic carbocycles. The predicted molar refractivity (Wildman–Crippen MR) is 199 cm³/mol. The molecule has 6 atom stereocenters. The van der Waals surface area contributed by atoms with Crippen molar-refractivity contribution >= 4 is 46.6 Å². The molecule has 2 saturated heterocycles. The Morgan fingerprint density at radius 1 is 0.830 bits per heavy atom. The summed E-state index contributed by atoms with van der Waals surface area (Å²) in [5.41, 5.74) is 6.35. The summed E-state index contributed by atoms with van der Waals surface area (Å²) in [6.07, 6.45) is 2.37. The van der Waals surface area contributed by atoms with Gasteiger partial charge in [0.1, 0.15) is 0 Å². The van der Waals surface area contributed by atoms with Gasteiger partial charge in [0.2, 0.25) is 17.6 Å². The Kier molecular flexibility index (Phi) is 8.33. The van der Waals surface area contributed by atoms with E-state index in [9.17, 15) is 19.5 Å². The van der Waals surface area contributed by atoms with Crippen LogP contribution in [0.2, 0.25) is 5.02 Å². The number of halogens is 1. The summed E-state index contributed by atoms with van der Waals surface area (Å²) in [6, 6.07) is 25.1. The average molecular weight is 732 g/mol. The third kappa shape index (κ3) is 5.06. The number of carbonyl (C=O) groups excluding carboxylic acids is 4. The molecule has 8 rings (SSSR count). The van der Waals surface area contributed by atoms with Crippen molar-refractivity contribution in [2.24, 2.45) is 23.7 Å². The Bertz CT molecular complexity index is 2200. The molecule has 0 radical (unpaired) electrons. The molecule has 0 aromatic heterocycles. The van der Waals surface area contributed by atoms with Crippen molar-refractivity contribution < 1.29 is 33.8 Å². The van der Waals surface area contributed by atoms with Crippen LogP contribution in [0.15, 0.2) is 96.6 Å². The number of nitrogens with one attached hydrogen (secondary N) is 1. The number of amides is 4. The van der Waals surface area contributed by atoms with E-state index in [0.29, 0.717) is 27.5 Å². The number of rotatable bonds is 7. The standard InChI is InChI=1S/C42H38ClN3O7/c1-22-10-13-26(14-11-22)44-46-39(49)31-21-30-28(16-17-29-35(30)40(50)45(38(29)48)27-15-12-23(2)32(43)20-27)36(24-18-33(52-3)37(47)34(19-24)53-4)42(31,41(46)51)25-8-6-5-7-9-25/h5-16,18-20,29-31,35-36,44,47H,17,21H2,1-4H3. The van der Waals surface area contributed by atoms with Gasteiger partial charge >= 0.3 is 0 Å². The summed E-state index contributed by atoms with van der Waals surface area (Å²) >= 11 is 6.46. The number of carbonyl (C=O) groups is 4. The van der Waals surface area contributed by atoms with Crippen LogP contribution in [0.4, 0.5) is 11.4 Å². The molecule has 2 heterocycles. The van der Waals surface area contributed by atoms with Crippen LogP contribution in [0, 0.1) is 37.5 Å². The molecule has 270 valence electrons. The van der Waals surface area contributed by atoms with Crippen molar-refractivity contribution in [3.8, 4) is 17.2 Å². The molecule has 0 bridgehead atoms. The van der Waals surface area contributed by atoms with Gasteiger partial charge in [0.05, 0.1) is 48.8 Å². The van der Waals surface area contributed by atoms with Crippen molar-refractivity contribution in [3.05, 3.63) is 124 Å². The maximum absolute atomic E-state index is 15.4. The summed E-state index contributed by atoms with van der Waals surface area (Å²) in [5, 5.41) is 12.5. The van der Waals surface area contributed by atoms with E-state index in [4.69, 9.17) is 21.1 Å². The first kappa shape index (κ1) is 34.5. The molecule has 3 fully saturated rings. The fraction of sp³-hybridized carbons (Fsp3) is 0.286. The lowest BCUT2D eigenvalue weighted by Crippen LogP contribution is -2.53. The molecule has 10 nitrogen and oxygen atoms in total. The van der Waals surface area contributed by atoms with Crippen molar-refractivity contribution in [1.29, 1.82) is 0 Å². The van der Waals surface area contributed by atoms with Crippen molar-refractivity contribution in [2.45, 2.75) is 38.0 Å². The first-order valence-corrected chi connectivity index (χ1v) is 17.9. The molecule has 11 heteroatoms. The maximum atomic E-state index is 15.4. The number of phenols is 1. The molecule has 6 unspecified atom stereocenters. The van der Waals surface area contributed by atoms with Crippen LogP contribution in [0.3, 0.4) is 0 Å². The lowest BCUT2D eigenvalue weighted by molar-refractivity contribution is -0.138. The summed E-state index contributed by atoms with van der Waals surface area (Å²) in [6.45, 7) is 3.80. The van der Waals surface area contributed by atoms with Crippen LogP contribution in [-0.4, -0.2) is 48.0 Å². The topological polar surface area (TPSA) is 125 Å². The van der Waals surface area contributed by atoms with E-state index in [1.54, 1.807) is 30.3 Å². The largest absolute Gasteiger partial charge is 0.502 e. The maximum Gasteiger partial charge on any atom is 0.260 e. The molecule has 0 spiro atoms. The summed E-state index contributed by atoms with van der Waals surface area (Å²) < 4.78 is 11.2. The van der Waals surface area contributed by atoms with Gasteiger partial charge in [0, 0.05) is 10.9 Å². The minimum absolute atomic E-state index is 0.122. The van der Waals surface area contributed by atoms with Crippen LogP contribution >= 0.6 is 11.6 Å². The first-order chi connectivity index (χ1) is 25.5. The summed E-state index contributed by atoms with van der Waals surface area (Å²) in [5.74, 6) is -5.37. The van der Waals surface area contributed by atoms with E-state index in [2.05, 4.69) is 5.43 Å². The van der Waals surface area contributed by atoms with E-state index in [-0.39, 0.29) is 41.9 Å². The average Bonchev–Trinajstić information content (AvgIpc) is 3.54. The van der Waals surface area contributed by atoms with Crippen LogP contribution in [0.1, 0.15) is 41.0 Å². The van der Waals surface area contributed by atoms with Crippen molar-refractivity contribution in [1.82, 2.24) is 5.01 Å². The van der Waals surface area contributed by atoms with Gasteiger partial charge in [-0.25, -0.2) is 4.90 Å². The number of ether oxygens (including phenoxy) is 2. The molecule has 1 saturated carbocycles. The Balaban J connectivity index is 1.34. The minimum atomic E-state index is -1.49. The molecule has 2 aliphatic heterocycles. The second-order valence-electron chi connectivity index (χ2n) is 14.3. The fourth-order valence-corrected chi connectivity index (χ4v) is 9.35. The number of imide groups is 2. The number of nitrogens with zero attached hydrogens (tertiary/aromatic N) is 2. The van der Waals surface area contributed by atoms with Gasteiger partial charge in [-0.3, -0.25) is 24.6 Å². The third-order valence-corrected chi connectivity index (χ3v) is 12.0. The third-order valence-electron chi connectivity index (χ3n) is 11.6. The highest BCUT2D eigenvalue weighted by atomic mass is 35.5. The number of anilines is 2. The molecule has 4 aromatic carbocycles. The number of hydrazine groups is 1. The van der Waals surface area contributed by atoms with Gasteiger partial charge in [-0.1, -0.05) is 77.3 Å². The zero-order valence-corrected chi connectivity index (χ0v) is 30.4. The summed E-state index contributed by atoms with van der Waals surface area (Å²) in [7, 11) is 2.85. The molecule has 4 aliphatic rings. The summed E-state index contributed by atoms with van der Waals surface area (Å²) in [4.78, 5) is 60.2. The van der Waals surface area contributed by atoms with Crippen LogP contribution < -0.4 is 19.8 Å². The lowest BCUT2D eigenvalue weighted by atomic mass is 9.49. The van der Waals surface area contributed by atoms with Gasteiger partial charge in [-0.05, 0) is 85.7 Å². The highest BCUT2D eigenvalue weighted by Crippen LogP contribution is 2.65. The van der Waals surface area contributed by atoms with Gasteiger partial charge < -0.3 is 14.6 Å². The smallest absolute Gasteiger partial charge is 0.260 e. The number of methoxy groups -OCH3 is 2. The number of benzene rings is 4. The van der Waals surface area contributed by atoms with Crippen molar-refractivity contribution in [2.75, 3.05) is 24.5 Å². The highest BCUT2D eigenvalue weighted by Gasteiger charge is 2.70. The van der Waals surface area contributed by atoms with Crippen LogP contribution in [0.25, 0.3) is 0 Å². The van der Waals surface area contributed by atoms with Crippen molar-refractivity contribution in [3.63, 3.8) is 0 Å². The number of hydrogen-bond acceptors (Lipinski definition) is 8.